The molecule has 0 bridgehead atoms. The number of hydrogen-bond acceptors (Lipinski definition) is 3. The van der Waals surface area contributed by atoms with Crippen molar-refractivity contribution in [3.05, 3.63) is 59.1 Å². The van der Waals surface area contributed by atoms with Gasteiger partial charge in [0.15, 0.2) is 0 Å². The molecule has 0 aliphatic heterocycles. The highest BCUT2D eigenvalue weighted by atomic mass is 35.5. The predicted octanol–water partition coefficient (Wildman–Crippen LogP) is 3.36. The summed E-state index contributed by atoms with van der Waals surface area (Å²) in [7, 11) is 1.57. The molecular formula is C17H18ClN3O3. The van der Waals surface area contributed by atoms with Crippen LogP contribution in [0.25, 0.3) is 0 Å². The molecule has 2 aromatic carbocycles. The van der Waals surface area contributed by atoms with Crippen LogP contribution in [-0.4, -0.2) is 32.2 Å². The minimum Gasteiger partial charge on any atom is -0.383 e. The van der Waals surface area contributed by atoms with Gasteiger partial charge in [-0.05, 0) is 42.5 Å². The number of urea groups is 1. The second-order valence-corrected chi connectivity index (χ2v) is 5.35. The van der Waals surface area contributed by atoms with Crippen molar-refractivity contribution in [2.24, 2.45) is 0 Å². The number of rotatable bonds is 6. The van der Waals surface area contributed by atoms with Crippen molar-refractivity contribution in [2.45, 2.75) is 0 Å². The van der Waals surface area contributed by atoms with Gasteiger partial charge in [-0.15, -0.1) is 0 Å². The quantitative estimate of drug-likeness (QED) is 0.701. The maximum absolute atomic E-state index is 11.9. The van der Waals surface area contributed by atoms with Gasteiger partial charge in [0.25, 0.3) is 5.91 Å². The van der Waals surface area contributed by atoms with Crippen molar-refractivity contribution in [1.29, 1.82) is 0 Å². The van der Waals surface area contributed by atoms with Crippen molar-refractivity contribution < 1.29 is 14.3 Å². The van der Waals surface area contributed by atoms with E-state index in [2.05, 4.69) is 16.0 Å². The van der Waals surface area contributed by atoms with Crippen LogP contribution >= 0.6 is 11.6 Å². The van der Waals surface area contributed by atoms with Gasteiger partial charge in [0.2, 0.25) is 0 Å². The van der Waals surface area contributed by atoms with Gasteiger partial charge in [-0.1, -0.05) is 17.7 Å². The molecule has 0 unspecified atom stereocenters. The first-order chi connectivity index (χ1) is 11.6. The Hall–Kier alpha value is -2.57. The third-order valence-electron chi connectivity index (χ3n) is 3.08. The molecule has 7 heteroatoms. The molecule has 3 N–H and O–H groups in total. The summed E-state index contributed by atoms with van der Waals surface area (Å²) in [6.07, 6.45) is 0. The topological polar surface area (TPSA) is 79.5 Å². The highest BCUT2D eigenvalue weighted by molar-refractivity contribution is 6.30. The maximum Gasteiger partial charge on any atom is 0.323 e. The summed E-state index contributed by atoms with van der Waals surface area (Å²) in [4.78, 5) is 23.8. The van der Waals surface area contributed by atoms with E-state index in [1.54, 1.807) is 55.6 Å². The number of carbonyl (C=O) groups is 2. The standard InChI is InChI=1S/C17H18ClN3O3/c1-24-10-9-19-16(22)12-5-7-14(8-6-12)20-17(23)21-15-4-2-3-13(18)11-15/h2-8,11H,9-10H2,1H3,(H,19,22)(H2,20,21,23). The van der Waals surface area contributed by atoms with Gasteiger partial charge in [-0.2, -0.15) is 0 Å². The largest absolute Gasteiger partial charge is 0.383 e. The first-order valence-electron chi connectivity index (χ1n) is 7.29. The summed E-state index contributed by atoms with van der Waals surface area (Å²) in [5, 5.41) is 8.62. The van der Waals surface area contributed by atoms with Crippen LogP contribution in [-0.2, 0) is 4.74 Å². The van der Waals surface area contributed by atoms with E-state index in [-0.39, 0.29) is 5.91 Å². The molecule has 0 saturated heterocycles. The molecule has 0 heterocycles. The highest BCUT2D eigenvalue weighted by Crippen LogP contribution is 2.15. The molecule has 0 radical (unpaired) electrons. The molecule has 2 rings (SSSR count). The van der Waals surface area contributed by atoms with E-state index >= 15 is 0 Å². The summed E-state index contributed by atoms with van der Waals surface area (Å²) >= 11 is 5.86. The van der Waals surface area contributed by atoms with Crippen LogP contribution in [0, 0.1) is 0 Å². The van der Waals surface area contributed by atoms with E-state index in [4.69, 9.17) is 16.3 Å². The Labute approximate surface area is 145 Å². The van der Waals surface area contributed by atoms with Gasteiger partial charge in [0, 0.05) is 35.6 Å². The number of anilines is 2. The van der Waals surface area contributed by atoms with Gasteiger partial charge < -0.3 is 20.7 Å². The smallest absolute Gasteiger partial charge is 0.323 e. The molecule has 0 fully saturated rings. The van der Waals surface area contributed by atoms with Crippen LogP contribution < -0.4 is 16.0 Å². The molecular weight excluding hydrogens is 330 g/mol. The fourth-order valence-corrected chi connectivity index (χ4v) is 2.12. The van der Waals surface area contributed by atoms with E-state index in [0.717, 1.165) is 0 Å². The van der Waals surface area contributed by atoms with E-state index in [0.29, 0.717) is 35.1 Å². The first-order valence-corrected chi connectivity index (χ1v) is 7.67. The summed E-state index contributed by atoms with van der Waals surface area (Å²) in [5.41, 5.74) is 1.67. The van der Waals surface area contributed by atoms with Crippen molar-refractivity contribution in [2.75, 3.05) is 30.9 Å². The number of benzene rings is 2. The minimum absolute atomic E-state index is 0.193. The average Bonchev–Trinajstić information content (AvgIpc) is 2.55. The van der Waals surface area contributed by atoms with Gasteiger partial charge in [0.05, 0.1) is 6.61 Å². The van der Waals surface area contributed by atoms with E-state index in [1.807, 2.05) is 0 Å². The van der Waals surface area contributed by atoms with Crippen LogP contribution in [0.1, 0.15) is 10.4 Å². The molecule has 3 amide bonds. The Bertz CT molecular complexity index is 704. The van der Waals surface area contributed by atoms with E-state index in [9.17, 15) is 9.59 Å². The van der Waals surface area contributed by atoms with Crippen LogP contribution in [0.3, 0.4) is 0 Å². The van der Waals surface area contributed by atoms with Crippen LogP contribution in [0.2, 0.25) is 5.02 Å². The number of methoxy groups -OCH3 is 1. The second-order valence-electron chi connectivity index (χ2n) is 4.92. The fourth-order valence-electron chi connectivity index (χ4n) is 1.93. The lowest BCUT2D eigenvalue weighted by Gasteiger charge is -2.09. The van der Waals surface area contributed by atoms with Crippen LogP contribution in [0.5, 0.6) is 0 Å². The zero-order valence-corrected chi connectivity index (χ0v) is 13.9. The molecule has 2 aromatic rings. The molecule has 126 valence electrons. The normalized spacial score (nSPS) is 10.1. The zero-order chi connectivity index (χ0) is 17.4. The average molecular weight is 348 g/mol. The van der Waals surface area contributed by atoms with Gasteiger partial charge in [-0.25, -0.2) is 4.79 Å². The lowest BCUT2D eigenvalue weighted by Crippen LogP contribution is -2.26. The third kappa shape index (κ3) is 5.57. The minimum atomic E-state index is -0.394. The summed E-state index contributed by atoms with van der Waals surface area (Å²) in [6, 6.07) is 13.0. The summed E-state index contributed by atoms with van der Waals surface area (Å²) in [5.74, 6) is -0.193. The molecule has 6 nitrogen and oxygen atoms in total. The Balaban J connectivity index is 1.89. The Kier molecular flexibility index (Phi) is 6.60. The summed E-state index contributed by atoms with van der Waals surface area (Å²) in [6.45, 7) is 0.895. The Morgan fingerprint density at radius 2 is 1.75 bits per heavy atom. The Morgan fingerprint density at radius 1 is 1.04 bits per heavy atom. The SMILES string of the molecule is COCCNC(=O)c1ccc(NC(=O)Nc2cccc(Cl)c2)cc1. The predicted molar refractivity (Wildman–Crippen MR) is 94.7 cm³/mol. The maximum atomic E-state index is 11.9. The Morgan fingerprint density at radius 3 is 2.42 bits per heavy atom. The van der Waals surface area contributed by atoms with Crippen LogP contribution in [0.15, 0.2) is 48.5 Å². The van der Waals surface area contributed by atoms with Crippen molar-refractivity contribution in [3.8, 4) is 0 Å². The van der Waals surface area contributed by atoms with Crippen molar-refractivity contribution in [1.82, 2.24) is 5.32 Å². The third-order valence-corrected chi connectivity index (χ3v) is 3.31. The van der Waals surface area contributed by atoms with E-state index < -0.39 is 6.03 Å². The molecule has 0 saturated carbocycles. The number of hydrogen-bond donors (Lipinski definition) is 3. The number of carbonyl (C=O) groups excluding carboxylic acids is 2. The number of halogens is 1. The molecule has 0 aliphatic carbocycles. The number of nitrogens with one attached hydrogen (secondary N) is 3. The molecule has 0 spiro atoms. The van der Waals surface area contributed by atoms with Gasteiger partial charge in [0.1, 0.15) is 0 Å². The van der Waals surface area contributed by atoms with Crippen molar-refractivity contribution in [3.63, 3.8) is 0 Å². The lowest BCUT2D eigenvalue weighted by atomic mass is 10.2. The number of ether oxygens (including phenoxy) is 1. The monoisotopic (exact) mass is 347 g/mol. The van der Waals surface area contributed by atoms with Crippen molar-refractivity contribution >= 4 is 34.9 Å². The van der Waals surface area contributed by atoms with Gasteiger partial charge >= 0.3 is 6.03 Å². The zero-order valence-electron chi connectivity index (χ0n) is 13.1. The second kappa shape index (κ2) is 8.90. The van der Waals surface area contributed by atoms with E-state index in [1.165, 1.54) is 0 Å². The van der Waals surface area contributed by atoms with Gasteiger partial charge in [-0.3, -0.25) is 4.79 Å². The summed E-state index contributed by atoms with van der Waals surface area (Å²) < 4.78 is 4.87. The molecule has 0 aliphatic rings. The fraction of sp³-hybridized carbons (Fsp3) is 0.176. The van der Waals surface area contributed by atoms with Crippen LogP contribution in [0.4, 0.5) is 16.2 Å². The molecule has 0 atom stereocenters. The molecule has 24 heavy (non-hydrogen) atoms. The number of amides is 3. The first kappa shape index (κ1) is 17.8. The lowest BCUT2D eigenvalue weighted by molar-refractivity contribution is 0.0937. The highest BCUT2D eigenvalue weighted by Gasteiger charge is 2.06. The molecule has 0 aromatic heterocycles.